The Kier molecular flexibility index (Phi) is 6.54. The molecule has 0 unspecified atom stereocenters. The first kappa shape index (κ1) is 25.9. The van der Waals surface area contributed by atoms with Crippen molar-refractivity contribution in [1.29, 1.82) is 0 Å². The summed E-state index contributed by atoms with van der Waals surface area (Å²) in [6.07, 6.45) is 5.02. The Morgan fingerprint density at radius 2 is 1.78 bits per heavy atom. The first-order valence-electron chi connectivity index (χ1n) is 12.8. The van der Waals surface area contributed by atoms with Crippen LogP contribution in [0.25, 0.3) is 16.9 Å². The van der Waals surface area contributed by atoms with Crippen LogP contribution in [-0.4, -0.2) is 21.2 Å². The van der Waals surface area contributed by atoms with Crippen LogP contribution in [0.4, 0.5) is 20.3 Å². The molecule has 1 aliphatic rings. The van der Waals surface area contributed by atoms with E-state index in [9.17, 15) is 23.6 Å². The number of carbonyl (C=O) groups excluding carboxylic acids is 2. The average molecular weight is 556 g/mol. The fourth-order valence-corrected chi connectivity index (χ4v) is 4.40. The summed E-state index contributed by atoms with van der Waals surface area (Å²) in [5.41, 5.74) is 1.75. The summed E-state index contributed by atoms with van der Waals surface area (Å²) >= 11 is 0. The van der Waals surface area contributed by atoms with E-state index in [2.05, 4.69) is 15.6 Å². The molecule has 6 rings (SSSR count). The fraction of sp³-hybridized carbons (Fsp3) is 0.133. The Morgan fingerprint density at radius 3 is 2.51 bits per heavy atom. The van der Waals surface area contributed by atoms with Crippen LogP contribution >= 0.6 is 0 Å². The molecule has 2 aromatic carbocycles. The highest BCUT2D eigenvalue weighted by atomic mass is 19.1. The van der Waals surface area contributed by atoms with E-state index in [0.29, 0.717) is 33.1 Å². The smallest absolute Gasteiger partial charge is 0.321 e. The van der Waals surface area contributed by atoms with Gasteiger partial charge in [0.2, 0.25) is 11.6 Å². The number of aryl methyl sites for hydroxylation is 1. The predicted molar refractivity (Wildman–Crippen MR) is 147 cm³/mol. The number of anilines is 2. The minimum Gasteiger partial charge on any atom is -0.618 e. The molecule has 0 radical (unpaired) electrons. The second-order valence-corrected chi connectivity index (χ2v) is 9.77. The van der Waals surface area contributed by atoms with Crippen LogP contribution in [0.1, 0.15) is 28.9 Å². The van der Waals surface area contributed by atoms with Crippen molar-refractivity contribution in [2.24, 2.45) is 5.92 Å². The molecule has 0 bridgehead atoms. The van der Waals surface area contributed by atoms with Gasteiger partial charge in [-0.1, -0.05) is 0 Å². The van der Waals surface area contributed by atoms with Gasteiger partial charge in [-0.05, 0) is 74.4 Å². The van der Waals surface area contributed by atoms with Crippen LogP contribution in [0, 0.1) is 29.7 Å². The van der Waals surface area contributed by atoms with E-state index in [1.54, 1.807) is 41.9 Å². The number of nitrogens with zero attached hydrogens (tertiary/aromatic N) is 3. The van der Waals surface area contributed by atoms with Crippen molar-refractivity contribution < 1.29 is 27.8 Å². The van der Waals surface area contributed by atoms with Gasteiger partial charge in [-0.2, -0.15) is 4.73 Å². The lowest BCUT2D eigenvalue weighted by Gasteiger charge is -2.12. The van der Waals surface area contributed by atoms with Gasteiger partial charge >= 0.3 is 5.91 Å². The number of nitrogens with one attached hydrogen (secondary N) is 2. The highest BCUT2D eigenvalue weighted by Gasteiger charge is 2.30. The number of benzene rings is 2. The molecule has 9 nitrogen and oxygen atoms in total. The zero-order valence-corrected chi connectivity index (χ0v) is 21.7. The molecule has 0 saturated heterocycles. The molecule has 0 aliphatic heterocycles. The second-order valence-electron chi connectivity index (χ2n) is 9.77. The van der Waals surface area contributed by atoms with Gasteiger partial charge in [0, 0.05) is 34.9 Å². The SMILES string of the molecule is Cc1ccc(C(=O)Nc2ccc(Oc3ccc4nc(NC(=O)C5CC5)cn4c3)c(F)c2)[n+]([O-])c1-c1ccc(F)cc1. The molecular formula is C30H23F2N5O4. The number of rotatable bonds is 7. The summed E-state index contributed by atoms with van der Waals surface area (Å²) in [5, 5.41) is 18.4. The molecule has 1 fully saturated rings. The summed E-state index contributed by atoms with van der Waals surface area (Å²) in [6.45, 7) is 1.71. The van der Waals surface area contributed by atoms with Gasteiger partial charge in [-0.3, -0.25) is 9.59 Å². The number of amides is 2. The maximum atomic E-state index is 14.9. The number of aromatic nitrogens is 3. The first-order chi connectivity index (χ1) is 19.7. The lowest BCUT2D eigenvalue weighted by molar-refractivity contribution is -0.596. The summed E-state index contributed by atoms with van der Waals surface area (Å²) < 4.78 is 36.1. The normalized spacial score (nSPS) is 12.8. The molecule has 3 heterocycles. The van der Waals surface area contributed by atoms with E-state index in [4.69, 9.17) is 4.74 Å². The van der Waals surface area contributed by atoms with Crippen LogP contribution in [0.2, 0.25) is 0 Å². The van der Waals surface area contributed by atoms with Crippen LogP contribution in [0.15, 0.2) is 79.1 Å². The van der Waals surface area contributed by atoms with Crippen LogP contribution < -0.4 is 20.1 Å². The third kappa shape index (κ3) is 5.42. The van der Waals surface area contributed by atoms with E-state index in [0.717, 1.165) is 18.9 Å². The van der Waals surface area contributed by atoms with Crippen molar-refractivity contribution in [3.8, 4) is 22.8 Å². The molecule has 5 aromatic rings. The zero-order chi connectivity index (χ0) is 28.7. The van der Waals surface area contributed by atoms with E-state index in [1.807, 2.05) is 0 Å². The Morgan fingerprint density at radius 1 is 1.00 bits per heavy atom. The van der Waals surface area contributed by atoms with Gasteiger partial charge in [-0.15, -0.1) is 0 Å². The van der Waals surface area contributed by atoms with Gasteiger partial charge in [0.05, 0.1) is 12.4 Å². The third-order valence-corrected chi connectivity index (χ3v) is 6.68. The van der Waals surface area contributed by atoms with Gasteiger partial charge in [0.1, 0.15) is 17.2 Å². The van der Waals surface area contributed by atoms with Gasteiger partial charge in [-0.25, -0.2) is 13.8 Å². The van der Waals surface area contributed by atoms with Crippen molar-refractivity contribution in [1.82, 2.24) is 9.38 Å². The van der Waals surface area contributed by atoms with E-state index >= 15 is 0 Å². The standard InChI is InChI=1S/C30H23F2N5O4/c1-17-2-11-24(37(40)28(17)18-5-7-20(31)8-6-18)30(39)33-21-9-12-25(23(32)14-21)41-22-10-13-27-34-26(16-36(27)15-22)35-29(38)19-3-4-19/h2,5-16,19H,3-4H2,1H3,(H,33,39)(H,35,38). The van der Waals surface area contributed by atoms with Crippen LogP contribution in [0.5, 0.6) is 11.5 Å². The third-order valence-electron chi connectivity index (χ3n) is 6.68. The maximum absolute atomic E-state index is 14.9. The number of carbonyl (C=O) groups is 2. The molecule has 1 aliphatic carbocycles. The molecule has 1 saturated carbocycles. The Hall–Kier alpha value is -5.32. The van der Waals surface area contributed by atoms with E-state index < -0.39 is 17.5 Å². The summed E-state index contributed by atoms with van der Waals surface area (Å²) in [6, 6.07) is 15.5. The number of halogens is 2. The number of fused-ring (bicyclic) bond motifs is 1. The number of pyridine rings is 2. The Labute approximate surface area is 232 Å². The van der Waals surface area contributed by atoms with Gasteiger partial charge in [0.25, 0.3) is 5.69 Å². The molecule has 2 amide bonds. The highest BCUT2D eigenvalue weighted by Crippen LogP contribution is 2.31. The summed E-state index contributed by atoms with van der Waals surface area (Å²) in [7, 11) is 0. The lowest BCUT2D eigenvalue weighted by Crippen LogP contribution is -2.39. The Balaban J connectivity index is 1.17. The largest absolute Gasteiger partial charge is 0.618 e. The zero-order valence-electron chi connectivity index (χ0n) is 21.7. The summed E-state index contributed by atoms with van der Waals surface area (Å²) in [4.78, 5) is 29.3. The van der Waals surface area contributed by atoms with Crippen molar-refractivity contribution in [2.45, 2.75) is 19.8 Å². The molecule has 3 aromatic heterocycles. The fourth-order valence-electron chi connectivity index (χ4n) is 4.40. The molecule has 0 spiro atoms. The molecule has 11 heteroatoms. The lowest BCUT2D eigenvalue weighted by atomic mass is 10.1. The molecule has 0 atom stereocenters. The van der Waals surface area contributed by atoms with Gasteiger partial charge < -0.3 is 25.0 Å². The average Bonchev–Trinajstić information content (AvgIpc) is 3.72. The topological polar surface area (TPSA) is 112 Å². The van der Waals surface area contributed by atoms with Crippen molar-refractivity contribution in [2.75, 3.05) is 10.6 Å². The molecule has 2 N–H and O–H groups in total. The minimum absolute atomic E-state index is 0.0475. The predicted octanol–water partition coefficient (Wildman–Crippen LogP) is 5.61. The van der Waals surface area contributed by atoms with Crippen molar-refractivity contribution in [3.63, 3.8) is 0 Å². The second kappa shape index (κ2) is 10.3. The maximum Gasteiger partial charge on any atom is 0.321 e. The van der Waals surface area contributed by atoms with Crippen LogP contribution in [-0.2, 0) is 4.79 Å². The number of ether oxygens (including phenoxy) is 1. The van der Waals surface area contributed by atoms with E-state index in [-0.39, 0.29) is 34.6 Å². The number of hydrogen-bond acceptors (Lipinski definition) is 5. The molecule has 206 valence electrons. The van der Waals surface area contributed by atoms with E-state index in [1.165, 1.54) is 42.5 Å². The molecule has 41 heavy (non-hydrogen) atoms. The van der Waals surface area contributed by atoms with Crippen molar-refractivity contribution >= 4 is 29.0 Å². The molecular weight excluding hydrogens is 532 g/mol. The Bertz CT molecular complexity index is 1820. The van der Waals surface area contributed by atoms with Crippen LogP contribution in [0.3, 0.4) is 0 Å². The highest BCUT2D eigenvalue weighted by molar-refractivity contribution is 6.02. The van der Waals surface area contributed by atoms with Gasteiger partial charge in [0.15, 0.2) is 17.4 Å². The summed E-state index contributed by atoms with van der Waals surface area (Å²) in [5.74, 6) is -1.28. The monoisotopic (exact) mass is 555 g/mol. The van der Waals surface area contributed by atoms with Crippen molar-refractivity contribution in [3.05, 3.63) is 107 Å². The number of hydrogen-bond donors (Lipinski definition) is 2. The number of imidazole rings is 1. The quantitative estimate of drug-likeness (QED) is 0.200. The first-order valence-corrected chi connectivity index (χ1v) is 12.8. The minimum atomic E-state index is -0.744.